The van der Waals surface area contributed by atoms with Gasteiger partial charge in [-0.25, -0.2) is 5.01 Å². The lowest BCUT2D eigenvalue weighted by atomic mass is 10.1. The molecule has 1 heterocycles. The number of nitrogen functional groups attached to an aromatic ring is 1. The Morgan fingerprint density at radius 1 is 1.33 bits per heavy atom. The average Bonchev–Trinajstić information content (AvgIpc) is 2.39. The molecule has 2 rings (SSSR count). The molecular weight excluding hydrogens is 230 g/mol. The molecule has 0 saturated carbocycles. The van der Waals surface area contributed by atoms with E-state index in [1.54, 1.807) is 18.2 Å². The zero-order valence-electron chi connectivity index (χ0n) is 10.6. The van der Waals surface area contributed by atoms with Crippen LogP contribution in [0, 0.1) is 0 Å². The number of carbonyl (C=O) groups excluding carboxylic acids is 1. The second-order valence-electron chi connectivity index (χ2n) is 4.42. The van der Waals surface area contributed by atoms with Gasteiger partial charge in [-0.2, -0.15) is 0 Å². The summed E-state index contributed by atoms with van der Waals surface area (Å²) in [6.07, 6.45) is 3.47. The summed E-state index contributed by atoms with van der Waals surface area (Å²) in [6.45, 7) is 1.80. The topological polar surface area (TPSA) is 67.6 Å². The monoisotopic (exact) mass is 249 g/mol. The summed E-state index contributed by atoms with van der Waals surface area (Å²) in [7, 11) is 1.52. The molecule has 1 aromatic carbocycles. The Bertz CT molecular complexity index is 428. The Morgan fingerprint density at radius 3 is 2.72 bits per heavy atom. The van der Waals surface area contributed by atoms with E-state index in [-0.39, 0.29) is 5.91 Å². The zero-order valence-corrected chi connectivity index (χ0v) is 10.6. The van der Waals surface area contributed by atoms with Gasteiger partial charge in [0, 0.05) is 13.1 Å². The fraction of sp³-hybridized carbons (Fsp3) is 0.462. The highest BCUT2D eigenvalue weighted by atomic mass is 16.5. The van der Waals surface area contributed by atoms with Crippen LogP contribution in [0.25, 0.3) is 0 Å². The van der Waals surface area contributed by atoms with Gasteiger partial charge in [0.2, 0.25) is 0 Å². The van der Waals surface area contributed by atoms with Gasteiger partial charge in [0.05, 0.1) is 18.4 Å². The summed E-state index contributed by atoms with van der Waals surface area (Å²) in [5.41, 5.74) is 9.63. The molecule has 0 bridgehead atoms. The van der Waals surface area contributed by atoms with Gasteiger partial charge in [0.15, 0.2) is 5.75 Å². The number of methoxy groups -OCH3 is 1. The summed E-state index contributed by atoms with van der Waals surface area (Å²) in [5.74, 6) is 0.271. The highest BCUT2D eigenvalue weighted by Crippen LogP contribution is 2.25. The lowest BCUT2D eigenvalue weighted by molar-refractivity contribution is 0.0747. The fourth-order valence-corrected chi connectivity index (χ4v) is 2.17. The number of ether oxygens (including phenoxy) is 1. The molecule has 0 radical (unpaired) electrons. The van der Waals surface area contributed by atoms with E-state index in [9.17, 15) is 4.79 Å². The van der Waals surface area contributed by atoms with Gasteiger partial charge in [-0.3, -0.25) is 10.2 Å². The van der Waals surface area contributed by atoms with Gasteiger partial charge in [0.25, 0.3) is 5.91 Å². The van der Waals surface area contributed by atoms with Crippen LogP contribution < -0.4 is 15.9 Å². The number of anilines is 1. The van der Waals surface area contributed by atoms with Crippen molar-refractivity contribution in [1.29, 1.82) is 0 Å². The van der Waals surface area contributed by atoms with E-state index in [1.807, 2.05) is 5.01 Å². The summed E-state index contributed by atoms with van der Waals surface area (Å²) < 4.78 is 5.18. The molecule has 1 aromatic rings. The molecular formula is C13H19N3O2. The molecule has 0 aromatic heterocycles. The van der Waals surface area contributed by atoms with E-state index in [1.165, 1.54) is 13.5 Å². The predicted molar refractivity (Wildman–Crippen MR) is 70.3 cm³/mol. The van der Waals surface area contributed by atoms with E-state index in [0.29, 0.717) is 17.0 Å². The third-order valence-electron chi connectivity index (χ3n) is 3.11. The van der Waals surface area contributed by atoms with E-state index < -0.39 is 0 Å². The number of amides is 1. The van der Waals surface area contributed by atoms with E-state index >= 15 is 0 Å². The Morgan fingerprint density at radius 2 is 2.06 bits per heavy atom. The highest BCUT2D eigenvalue weighted by Gasteiger charge is 2.18. The lowest BCUT2D eigenvalue weighted by Crippen LogP contribution is -2.45. The maximum Gasteiger partial charge on any atom is 0.269 e. The molecule has 0 unspecified atom stereocenters. The van der Waals surface area contributed by atoms with Gasteiger partial charge in [-0.15, -0.1) is 0 Å². The molecule has 1 aliphatic heterocycles. The Kier molecular flexibility index (Phi) is 4.04. The van der Waals surface area contributed by atoms with Crippen molar-refractivity contribution in [3.63, 3.8) is 0 Å². The summed E-state index contributed by atoms with van der Waals surface area (Å²) in [5, 5.41) is 1.95. The molecule has 1 amide bonds. The molecule has 0 aliphatic carbocycles. The van der Waals surface area contributed by atoms with Gasteiger partial charge >= 0.3 is 0 Å². The third-order valence-corrected chi connectivity index (χ3v) is 3.11. The van der Waals surface area contributed by atoms with Gasteiger partial charge in [0.1, 0.15) is 0 Å². The van der Waals surface area contributed by atoms with Crippen LogP contribution in [-0.2, 0) is 0 Å². The second-order valence-corrected chi connectivity index (χ2v) is 4.42. The standard InChI is InChI=1S/C13H19N3O2/c1-18-12-10(6-5-7-11(12)14)13(17)15-16-8-3-2-4-9-16/h5-7H,2-4,8-9,14H2,1H3,(H,15,17). The van der Waals surface area contributed by atoms with Crippen molar-refractivity contribution in [3.8, 4) is 5.75 Å². The highest BCUT2D eigenvalue weighted by molar-refractivity contribution is 5.98. The van der Waals surface area contributed by atoms with Crippen LogP contribution in [0.1, 0.15) is 29.6 Å². The van der Waals surface area contributed by atoms with Crippen LogP contribution in [-0.4, -0.2) is 31.1 Å². The Labute approximate surface area is 107 Å². The van der Waals surface area contributed by atoms with Crippen molar-refractivity contribution in [3.05, 3.63) is 23.8 Å². The summed E-state index contributed by atoms with van der Waals surface area (Å²) >= 11 is 0. The molecule has 3 N–H and O–H groups in total. The quantitative estimate of drug-likeness (QED) is 0.795. The number of carbonyl (C=O) groups is 1. The smallest absolute Gasteiger partial charge is 0.269 e. The molecule has 18 heavy (non-hydrogen) atoms. The molecule has 1 fully saturated rings. The number of hydrazine groups is 1. The van der Waals surface area contributed by atoms with Crippen LogP contribution in [0.5, 0.6) is 5.75 Å². The number of nitrogens with one attached hydrogen (secondary N) is 1. The molecule has 0 spiro atoms. The van der Waals surface area contributed by atoms with Crippen molar-refractivity contribution in [1.82, 2.24) is 10.4 Å². The maximum atomic E-state index is 12.2. The number of piperidine rings is 1. The SMILES string of the molecule is COc1c(N)cccc1C(=O)NN1CCCCC1. The van der Waals surface area contributed by atoms with E-state index in [2.05, 4.69) is 5.43 Å². The summed E-state index contributed by atoms with van der Waals surface area (Å²) in [6, 6.07) is 5.19. The number of hydrogen-bond donors (Lipinski definition) is 2. The van der Waals surface area contributed by atoms with Crippen LogP contribution in [0.15, 0.2) is 18.2 Å². The normalized spacial score (nSPS) is 16.3. The number of para-hydroxylation sites is 1. The lowest BCUT2D eigenvalue weighted by Gasteiger charge is -2.27. The molecule has 5 nitrogen and oxygen atoms in total. The van der Waals surface area contributed by atoms with Crippen molar-refractivity contribution in [2.45, 2.75) is 19.3 Å². The molecule has 1 aliphatic rings. The number of rotatable bonds is 3. The van der Waals surface area contributed by atoms with E-state index in [0.717, 1.165) is 25.9 Å². The number of hydrogen-bond acceptors (Lipinski definition) is 4. The Balaban J connectivity index is 2.10. The van der Waals surface area contributed by atoms with Crippen molar-refractivity contribution in [2.75, 3.05) is 25.9 Å². The molecule has 1 saturated heterocycles. The maximum absolute atomic E-state index is 12.2. The van der Waals surface area contributed by atoms with Gasteiger partial charge in [-0.05, 0) is 25.0 Å². The first-order chi connectivity index (χ1) is 8.72. The van der Waals surface area contributed by atoms with Crippen molar-refractivity contribution < 1.29 is 9.53 Å². The number of benzene rings is 1. The van der Waals surface area contributed by atoms with Crippen molar-refractivity contribution in [2.24, 2.45) is 0 Å². The van der Waals surface area contributed by atoms with Crippen LogP contribution in [0.4, 0.5) is 5.69 Å². The fourth-order valence-electron chi connectivity index (χ4n) is 2.17. The van der Waals surface area contributed by atoms with E-state index in [4.69, 9.17) is 10.5 Å². The molecule has 5 heteroatoms. The first-order valence-electron chi connectivity index (χ1n) is 6.21. The average molecular weight is 249 g/mol. The number of nitrogens with zero attached hydrogens (tertiary/aromatic N) is 1. The minimum atomic E-state index is -0.166. The number of nitrogens with two attached hydrogens (primary N) is 1. The minimum absolute atomic E-state index is 0.166. The van der Waals surface area contributed by atoms with Gasteiger partial charge < -0.3 is 10.5 Å². The van der Waals surface area contributed by atoms with Crippen LogP contribution in [0.3, 0.4) is 0 Å². The molecule has 98 valence electrons. The third kappa shape index (κ3) is 2.73. The van der Waals surface area contributed by atoms with Crippen LogP contribution in [0.2, 0.25) is 0 Å². The first kappa shape index (κ1) is 12.7. The van der Waals surface area contributed by atoms with Crippen molar-refractivity contribution >= 4 is 11.6 Å². The van der Waals surface area contributed by atoms with Crippen LogP contribution >= 0.6 is 0 Å². The Hall–Kier alpha value is -1.75. The minimum Gasteiger partial charge on any atom is -0.494 e. The predicted octanol–water partition coefficient (Wildman–Crippen LogP) is 1.41. The zero-order chi connectivity index (χ0) is 13.0. The first-order valence-corrected chi connectivity index (χ1v) is 6.21. The van der Waals surface area contributed by atoms with Gasteiger partial charge in [-0.1, -0.05) is 12.5 Å². The second kappa shape index (κ2) is 5.73. The molecule has 0 atom stereocenters. The summed E-state index contributed by atoms with van der Waals surface area (Å²) in [4.78, 5) is 12.2. The largest absolute Gasteiger partial charge is 0.494 e.